The molecule has 0 spiro atoms. The summed E-state index contributed by atoms with van der Waals surface area (Å²) in [4.78, 5) is 2.08. The van der Waals surface area contributed by atoms with Crippen LogP contribution < -0.4 is 10.5 Å². The summed E-state index contributed by atoms with van der Waals surface area (Å²) >= 11 is 1.45. The Bertz CT molecular complexity index is 542. The van der Waals surface area contributed by atoms with Gasteiger partial charge >= 0.3 is 0 Å². The van der Waals surface area contributed by atoms with Gasteiger partial charge < -0.3 is 5.73 Å². The van der Waals surface area contributed by atoms with Gasteiger partial charge in [0.15, 0.2) is 0 Å². The van der Waals surface area contributed by atoms with Gasteiger partial charge in [0.1, 0.15) is 0 Å². The Balaban J connectivity index is 2.27. The van der Waals surface area contributed by atoms with Gasteiger partial charge in [0.2, 0.25) is 10.0 Å². The SMILES string of the molecule is Cc1sc(CN)cc1S(=O)(=O)NC(C)(C)C1CC1. The molecule has 1 aromatic rings. The second-order valence-electron chi connectivity index (χ2n) is 5.44. The van der Waals surface area contributed by atoms with Crippen LogP contribution in [0, 0.1) is 12.8 Å². The Morgan fingerprint density at radius 2 is 2.11 bits per heavy atom. The van der Waals surface area contributed by atoms with Gasteiger partial charge in [-0.1, -0.05) is 0 Å². The average molecular weight is 288 g/mol. The predicted molar refractivity (Wildman–Crippen MR) is 74.1 cm³/mol. The molecule has 0 saturated heterocycles. The van der Waals surface area contributed by atoms with Crippen LogP contribution in [0.3, 0.4) is 0 Å². The number of aryl methyl sites for hydroxylation is 1. The summed E-state index contributed by atoms with van der Waals surface area (Å²) in [5.74, 6) is 0.459. The summed E-state index contributed by atoms with van der Waals surface area (Å²) in [6, 6.07) is 1.69. The lowest BCUT2D eigenvalue weighted by atomic mass is 10.0. The zero-order valence-electron chi connectivity index (χ0n) is 11.0. The van der Waals surface area contributed by atoms with Crippen molar-refractivity contribution in [2.45, 2.75) is 50.6 Å². The first kappa shape index (κ1) is 14.0. The van der Waals surface area contributed by atoms with E-state index in [1.807, 2.05) is 20.8 Å². The minimum Gasteiger partial charge on any atom is -0.326 e. The molecule has 0 bridgehead atoms. The Kier molecular flexibility index (Phi) is 3.57. The number of sulfonamides is 1. The Morgan fingerprint density at radius 1 is 1.50 bits per heavy atom. The molecule has 1 aliphatic carbocycles. The van der Waals surface area contributed by atoms with E-state index in [1.165, 1.54) is 11.3 Å². The highest BCUT2D eigenvalue weighted by atomic mass is 32.2. The van der Waals surface area contributed by atoms with Gasteiger partial charge in [-0.15, -0.1) is 11.3 Å². The molecular weight excluding hydrogens is 268 g/mol. The van der Waals surface area contributed by atoms with E-state index in [0.29, 0.717) is 17.4 Å². The molecule has 1 heterocycles. The smallest absolute Gasteiger partial charge is 0.242 e. The molecule has 1 aromatic heterocycles. The van der Waals surface area contributed by atoms with E-state index in [2.05, 4.69) is 4.72 Å². The monoisotopic (exact) mass is 288 g/mol. The zero-order chi connectivity index (χ0) is 13.6. The molecule has 0 aromatic carbocycles. The number of thiophene rings is 1. The van der Waals surface area contributed by atoms with Crippen molar-refractivity contribution in [3.05, 3.63) is 15.8 Å². The van der Waals surface area contributed by atoms with Crippen LogP contribution in [0.1, 0.15) is 36.4 Å². The van der Waals surface area contributed by atoms with Crippen LogP contribution in [0.5, 0.6) is 0 Å². The summed E-state index contributed by atoms with van der Waals surface area (Å²) in [5, 5.41) is 0. The second kappa shape index (κ2) is 4.59. The van der Waals surface area contributed by atoms with E-state index in [1.54, 1.807) is 6.07 Å². The van der Waals surface area contributed by atoms with Crippen LogP contribution in [0.25, 0.3) is 0 Å². The van der Waals surface area contributed by atoms with Crippen molar-refractivity contribution in [2.75, 3.05) is 0 Å². The van der Waals surface area contributed by atoms with Gasteiger partial charge in [0.25, 0.3) is 0 Å². The lowest BCUT2D eigenvalue weighted by molar-refractivity contribution is 0.400. The van der Waals surface area contributed by atoms with Gasteiger partial charge in [0.05, 0.1) is 4.90 Å². The lowest BCUT2D eigenvalue weighted by Crippen LogP contribution is -2.45. The van der Waals surface area contributed by atoms with E-state index in [9.17, 15) is 8.42 Å². The third kappa shape index (κ3) is 2.77. The van der Waals surface area contributed by atoms with Gasteiger partial charge in [-0.3, -0.25) is 0 Å². The molecule has 0 amide bonds. The topological polar surface area (TPSA) is 72.2 Å². The first-order chi connectivity index (χ1) is 8.26. The molecule has 0 radical (unpaired) electrons. The first-order valence-corrected chi connectivity index (χ1v) is 8.39. The summed E-state index contributed by atoms with van der Waals surface area (Å²) in [6.45, 7) is 6.11. The third-order valence-electron chi connectivity index (χ3n) is 3.41. The Labute approximate surface area is 113 Å². The van der Waals surface area contributed by atoms with E-state index in [0.717, 1.165) is 22.6 Å². The maximum Gasteiger partial charge on any atom is 0.242 e. The normalized spacial score (nSPS) is 17.1. The summed E-state index contributed by atoms with van der Waals surface area (Å²) < 4.78 is 27.6. The first-order valence-electron chi connectivity index (χ1n) is 6.09. The number of nitrogens with two attached hydrogens (primary N) is 1. The highest BCUT2D eigenvalue weighted by Gasteiger charge is 2.41. The van der Waals surface area contributed by atoms with E-state index in [-0.39, 0.29) is 5.54 Å². The summed E-state index contributed by atoms with van der Waals surface area (Å²) in [7, 11) is -3.44. The lowest BCUT2D eigenvalue weighted by Gasteiger charge is -2.25. The van der Waals surface area contributed by atoms with Gasteiger partial charge in [0, 0.05) is 21.8 Å². The van der Waals surface area contributed by atoms with Crippen LogP contribution in [-0.4, -0.2) is 14.0 Å². The van der Waals surface area contributed by atoms with Gasteiger partial charge in [-0.2, -0.15) is 0 Å². The van der Waals surface area contributed by atoms with Crippen LogP contribution in [0.4, 0.5) is 0 Å². The highest BCUT2D eigenvalue weighted by Crippen LogP contribution is 2.40. The van der Waals surface area contributed by atoms with Crippen LogP contribution in [0.2, 0.25) is 0 Å². The van der Waals surface area contributed by atoms with E-state index >= 15 is 0 Å². The van der Waals surface area contributed by atoms with E-state index in [4.69, 9.17) is 5.73 Å². The van der Waals surface area contributed by atoms with Crippen molar-refractivity contribution in [3.63, 3.8) is 0 Å². The van der Waals surface area contributed by atoms with Crippen molar-refractivity contribution in [1.82, 2.24) is 4.72 Å². The number of rotatable bonds is 5. The fourth-order valence-corrected chi connectivity index (χ4v) is 5.17. The molecule has 2 rings (SSSR count). The average Bonchev–Trinajstić information content (AvgIpc) is 3.01. The highest BCUT2D eigenvalue weighted by molar-refractivity contribution is 7.89. The van der Waals surface area contributed by atoms with Crippen LogP contribution in [0.15, 0.2) is 11.0 Å². The molecule has 1 aliphatic rings. The zero-order valence-corrected chi connectivity index (χ0v) is 12.6. The van der Waals surface area contributed by atoms with Crippen molar-refractivity contribution in [3.8, 4) is 0 Å². The minimum absolute atomic E-state index is 0.365. The maximum atomic E-state index is 12.4. The molecular formula is C12H20N2O2S2. The molecule has 4 nitrogen and oxygen atoms in total. The van der Waals surface area contributed by atoms with Crippen LogP contribution in [-0.2, 0) is 16.6 Å². The number of nitrogens with one attached hydrogen (secondary N) is 1. The van der Waals surface area contributed by atoms with Crippen molar-refractivity contribution in [2.24, 2.45) is 11.7 Å². The molecule has 0 atom stereocenters. The summed E-state index contributed by atoms with van der Waals surface area (Å²) in [6.07, 6.45) is 2.21. The standard InChI is InChI=1S/C12H20N2O2S2/c1-8-11(6-10(7-13)17-8)18(15,16)14-12(2,3)9-4-5-9/h6,9,14H,4-5,7,13H2,1-3H3. The quantitative estimate of drug-likeness (QED) is 0.870. The molecule has 0 aliphatic heterocycles. The van der Waals surface area contributed by atoms with Gasteiger partial charge in [-0.05, 0) is 45.6 Å². The third-order valence-corrected chi connectivity index (χ3v) is 6.41. The molecule has 1 fully saturated rings. The maximum absolute atomic E-state index is 12.4. The molecule has 3 N–H and O–H groups in total. The van der Waals surface area contributed by atoms with Crippen molar-refractivity contribution < 1.29 is 8.42 Å². The number of hydrogen-bond acceptors (Lipinski definition) is 4. The second-order valence-corrected chi connectivity index (χ2v) is 8.43. The van der Waals surface area contributed by atoms with E-state index < -0.39 is 10.0 Å². The fourth-order valence-electron chi connectivity index (χ4n) is 2.18. The molecule has 6 heteroatoms. The largest absolute Gasteiger partial charge is 0.326 e. The molecule has 1 saturated carbocycles. The summed E-state index contributed by atoms with van der Waals surface area (Å²) in [5.41, 5.74) is 5.19. The fraction of sp³-hybridized carbons (Fsp3) is 0.667. The Hall–Kier alpha value is -0.430. The molecule has 102 valence electrons. The molecule has 18 heavy (non-hydrogen) atoms. The van der Waals surface area contributed by atoms with Crippen LogP contribution >= 0.6 is 11.3 Å². The van der Waals surface area contributed by atoms with Crippen molar-refractivity contribution >= 4 is 21.4 Å². The molecule has 0 unspecified atom stereocenters. The Morgan fingerprint density at radius 3 is 2.56 bits per heavy atom. The van der Waals surface area contributed by atoms with Crippen molar-refractivity contribution in [1.29, 1.82) is 0 Å². The number of hydrogen-bond donors (Lipinski definition) is 2. The minimum atomic E-state index is -3.44. The predicted octanol–water partition coefficient (Wildman–Crippen LogP) is 1.98. The van der Waals surface area contributed by atoms with Gasteiger partial charge in [-0.25, -0.2) is 13.1 Å².